The lowest BCUT2D eigenvalue weighted by Crippen LogP contribution is -2.45. The summed E-state index contributed by atoms with van der Waals surface area (Å²) in [6.07, 6.45) is 6.43. The summed E-state index contributed by atoms with van der Waals surface area (Å²) in [6, 6.07) is 13.8. The molecule has 1 aromatic heterocycles. The molecule has 2 saturated heterocycles. The number of carbonyl (C=O) groups is 1. The summed E-state index contributed by atoms with van der Waals surface area (Å²) in [4.78, 5) is 18.2. The van der Waals surface area contributed by atoms with Gasteiger partial charge in [0.2, 0.25) is 5.91 Å². The van der Waals surface area contributed by atoms with Crippen LogP contribution in [0.5, 0.6) is 0 Å². The lowest BCUT2D eigenvalue weighted by atomic mass is 9.81. The van der Waals surface area contributed by atoms with Crippen LogP contribution in [-0.2, 0) is 28.5 Å². The van der Waals surface area contributed by atoms with Crippen molar-refractivity contribution in [1.29, 1.82) is 0 Å². The number of rotatable bonds is 4. The van der Waals surface area contributed by atoms with Gasteiger partial charge in [-0.3, -0.25) is 14.4 Å². The van der Waals surface area contributed by atoms with Gasteiger partial charge in [-0.25, -0.2) is 4.39 Å². The molecule has 0 bridgehead atoms. The number of anilines is 1. The number of hydrogen-bond donors (Lipinski definition) is 0. The molecule has 1 atom stereocenters. The Labute approximate surface area is 198 Å². The average molecular weight is 461 g/mol. The molecule has 0 N–H and O–H groups in total. The maximum absolute atomic E-state index is 15.2. The van der Waals surface area contributed by atoms with Crippen LogP contribution < -0.4 is 4.90 Å². The van der Waals surface area contributed by atoms with Crippen LogP contribution in [0.1, 0.15) is 30.4 Å². The second-order valence-electron chi connectivity index (χ2n) is 9.76. The summed E-state index contributed by atoms with van der Waals surface area (Å²) in [6.45, 7) is 3.45. The number of carbonyl (C=O) groups excluding carboxylic acids is 1. The van der Waals surface area contributed by atoms with Crippen molar-refractivity contribution in [3.8, 4) is 11.1 Å². The fourth-order valence-corrected chi connectivity index (χ4v) is 5.94. The van der Waals surface area contributed by atoms with Gasteiger partial charge in [-0.1, -0.05) is 30.3 Å². The Balaban J connectivity index is 1.28. The first-order valence-electron chi connectivity index (χ1n) is 12.1. The fourth-order valence-electron chi connectivity index (χ4n) is 5.94. The van der Waals surface area contributed by atoms with Crippen LogP contribution in [0.2, 0.25) is 0 Å². The molecule has 2 aromatic carbocycles. The highest BCUT2D eigenvalue weighted by atomic mass is 19.1. The van der Waals surface area contributed by atoms with E-state index in [4.69, 9.17) is 4.74 Å². The van der Waals surface area contributed by atoms with E-state index in [9.17, 15) is 4.79 Å². The number of fused-ring (bicyclic) bond motifs is 2. The summed E-state index contributed by atoms with van der Waals surface area (Å²) in [7, 11) is 1.84. The highest BCUT2D eigenvalue weighted by molar-refractivity contribution is 6.08. The smallest absolute Gasteiger partial charge is 0.239 e. The topological polar surface area (TPSA) is 50.6 Å². The summed E-state index contributed by atoms with van der Waals surface area (Å²) in [5.41, 5.74) is 3.63. The van der Waals surface area contributed by atoms with Gasteiger partial charge in [0.25, 0.3) is 0 Å². The van der Waals surface area contributed by atoms with Crippen LogP contribution >= 0.6 is 0 Å². The molecule has 1 amide bonds. The van der Waals surface area contributed by atoms with Crippen LogP contribution in [0, 0.1) is 5.82 Å². The van der Waals surface area contributed by atoms with E-state index < -0.39 is 5.41 Å². The third-order valence-corrected chi connectivity index (χ3v) is 7.79. The molecule has 4 heterocycles. The van der Waals surface area contributed by atoms with Gasteiger partial charge in [0.15, 0.2) is 0 Å². The van der Waals surface area contributed by atoms with Crippen LogP contribution in [0.25, 0.3) is 11.1 Å². The number of hydrogen-bond acceptors (Lipinski definition) is 4. The maximum Gasteiger partial charge on any atom is 0.239 e. The Morgan fingerprint density at radius 3 is 2.74 bits per heavy atom. The summed E-state index contributed by atoms with van der Waals surface area (Å²) >= 11 is 0. The van der Waals surface area contributed by atoms with Gasteiger partial charge in [0.05, 0.1) is 18.2 Å². The summed E-state index contributed by atoms with van der Waals surface area (Å²) in [5.74, 6) is -0.207. The number of likely N-dealkylation sites (tertiary alicyclic amines) is 1. The van der Waals surface area contributed by atoms with E-state index in [0.29, 0.717) is 11.6 Å². The lowest BCUT2D eigenvalue weighted by molar-refractivity contribution is -0.123. The minimum absolute atomic E-state index is 0.0963. The number of halogens is 1. The van der Waals surface area contributed by atoms with Gasteiger partial charge >= 0.3 is 0 Å². The van der Waals surface area contributed by atoms with E-state index in [1.165, 1.54) is 6.07 Å². The molecule has 2 fully saturated rings. The number of aromatic nitrogens is 2. The second kappa shape index (κ2) is 8.32. The van der Waals surface area contributed by atoms with Crippen molar-refractivity contribution in [1.82, 2.24) is 14.7 Å². The maximum atomic E-state index is 15.2. The van der Waals surface area contributed by atoms with E-state index in [-0.39, 0.29) is 18.3 Å². The number of nitrogens with zero attached hydrogens (tertiary/aromatic N) is 4. The normalized spacial score (nSPS) is 23.2. The highest BCUT2D eigenvalue weighted by Crippen LogP contribution is 2.48. The van der Waals surface area contributed by atoms with E-state index in [1.54, 1.807) is 21.8 Å². The lowest BCUT2D eigenvalue weighted by Gasteiger charge is -2.32. The Morgan fingerprint density at radius 2 is 1.97 bits per heavy atom. The van der Waals surface area contributed by atoms with Crippen LogP contribution in [0.3, 0.4) is 0 Å². The number of para-hydroxylation sites is 1. The monoisotopic (exact) mass is 460 g/mol. The zero-order valence-corrected chi connectivity index (χ0v) is 19.4. The largest absolute Gasteiger partial charge is 0.381 e. The Bertz CT molecular complexity index is 1230. The molecule has 3 aliphatic rings. The first-order valence-corrected chi connectivity index (χ1v) is 12.1. The first-order chi connectivity index (χ1) is 16.5. The number of benzene rings is 2. The zero-order valence-electron chi connectivity index (χ0n) is 19.4. The average Bonchev–Trinajstić information content (AvgIpc) is 3.56. The standard InChI is InChI=1S/C27H29FN4O2/c1-30-16-21(15-29-30)19-6-7-20(24(28)14-19)17-32-25-5-3-2-4-23(25)27(26(32)33)10-11-31(18-27)22-8-12-34-13-9-22/h2-7,14-16,22H,8-13,17-18H2,1H3. The summed E-state index contributed by atoms with van der Waals surface area (Å²) < 4.78 is 22.4. The van der Waals surface area contributed by atoms with Crippen molar-refractivity contribution < 1.29 is 13.9 Å². The van der Waals surface area contributed by atoms with Gasteiger partial charge in [-0.2, -0.15) is 5.10 Å². The number of aryl methyl sites for hydroxylation is 1. The van der Waals surface area contributed by atoms with Crippen molar-refractivity contribution >= 4 is 11.6 Å². The molecule has 176 valence electrons. The van der Waals surface area contributed by atoms with Crippen molar-refractivity contribution in [3.63, 3.8) is 0 Å². The van der Waals surface area contributed by atoms with Crippen molar-refractivity contribution in [3.05, 3.63) is 71.8 Å². The van der Waals surface area contributed by atoms with Gasteiger partial charge in [-0.05, 0) is 49.1 Å². The van der Waals surface area contributed by atoms with Crippen molar-refractivity contribution in [2.24, 2.45) is 7.05 Å². The van der Waals surface area contributed by atoms with E-state index in [1.807, 2.05) is 37.5 Å². The molecule has 0 saturated carbocycles. The zero-order chi connectivity index (χ0) is 23.3. The van der Waals surface area contributed by atoms with Gasteiger partial charge in [-0.15, -0.1) is 0 Å². The molecule has 3 aliphatic heterocycles. The first kappa shape index (κ1) is 21.5. The summed E-state index contributed by atoms with van der Waals surface area (Å²) in [5, 5.41) is 4.17. The Morgan fingerprint density at radius 1 is 1.15 bits per heavy atom. The molecule has 6 rings (SSSR count). The highest BCUT2D eigenvalue weighted by Gasteiger charge is 2.55. The van der Waals surface area contributed by atoms with Gasteiger partial charge in [0, 0.05) is 55.9 Å². The quantitative estimate of drug-likeness (QED) is 0.593. The molecule has 6 nitrogen and oxygen atoms in total. The fraction of sp³-hybridized carbons (Fsp3) is 0.407. The van der Waals surface area contributed by atoms with Gasteiger partial charge in [0.1, 0.15) is 5.82 Å². The minimum atomic E-state index is -0.541. The molecule has 0 aliphatic carbocycles. The van der Waals surface area contributed by atoms with Crippen LogP contribution in [0.4, 0.5) is 10.1 Å². The molecule has 34 heavy (non-hydrogen) atoms. The SMILES string of the molecule is Cn1cc(-c2ccc(CN3C(=O)C4(CCN(C5CCOCC5)C4)c4ccccc43)c(F)c2)cn1. The predicted octanol–water partition coefficient (Wildman–Crippen LogP) is 3.90. The molecule has 1 spiro atoms. The molecule has 1 unspecified atom stereocenters. The van der Waals surface area contributed by atoms with Crippen molar-refractivity contribution in [2.45, 2.75) is 37.3 Å². The molecule has 7 heteroatoms. The predicted molar refractivity (Wildman–Crippen MR) is 128 cm³/mol. The number of amides is 1. The molecule has 3 aromatic rings. The van der Waals surface area contributed by atoms with E-state index in [0.717, 1.165) is 67.9 Å². The Hall–Kier alpha value is -3.03. The minimum Gasteiger partial charge on any atom is -0.381 e. The number of ether oxygens (including phenoxy) is 1. The molecular weight excluding hydrogens is 431 g/mol. The van der Waals surface area contributed by atoms with Crippen LogP contribution in [-0.4, -0.2) is 52.9 Å². The van der Waals surface area contributed by atoms with E-state index in [2.05, 4.69) is 16.1 Å². The second-order valence-corrected chi connectivity index (χ2v) is 9.76. The molecule has 0 radical (unpaired) electrons. The molecular formula is C27H29FN4O2. The Kier molecular flexibility index (Phi) is 5.26. The van der Waals surface area contributed by atoms with Crippen molar-refractivity contribution in [2.75, 3.05) is 31.2 Å². The van der Waals surface area contributed by atoms with Gasteiger partial charge < -0.3 is 9.64 Å². The van der Waals surface area contributed by atoms with E-state index >= 15 is 4.39 Å². The third-order valence-electron chi connectivity index (χ3n) is 7.79. The third kappa shape index (κ3) is 3.46. The van der Waals surface area contributed by atoms with Crippen LogP contribution in [0.15, 0.2) is 54.9 Å².